The number of nitrogens with zero attached hydrogens (tertiary/aromatic N) is 6. The average Bonchev–Trinajstić information content (AvgIpc) is 3.35. The summed E-state index contributed by atoms with van der Waals surface area (Å²) < 4.78 is 42.5. The third-order valence-electron chi connectivity index (χ3n) is 10.6. The van der Waals surface area contributed by atoms with Crippen LogP contribution < -0.4 is 26.4 Å². The maximum atomic E-state index is 13.7. The van der Waals surface area contributed by atoms with Crippen LogP contribution in [0.3, 0.4) is 0 Å². The Balaban J connectivity index is 0.899. The second-order valence-electron chi connectivity index (χ2n) is 14.6. The van der Waals surface area contributed by atoms with Crippen molar-refractivity contribution in [1.29, 1.82) is 5.26 Å². The van der Waals surface area contributed by atoms with E-state index in [9.17, 15) is 32.8 Å². The first-order valence-corrected chi connectivity index (χ1v) is 18.7. The van der Waals surface area contributed by atoms with Gasteiger partial charge in [-0.05, 0) is 93.4 Å². The van der Waals surface area contributed by atoms with Gasteiger partial charge in [-0.25, -0.2) is 4.79 Å². The summed E-state index contributed by atoms with van der Waals surface area (Å²) in [6.45, 7) is 8.84. The van der Waals surface area contributed by atoms with Crippen LogP contribution >= 0.6 is 12.2 Å². The third-order valence-corrected chi connectivity index (χ3v) is 11.0. The molecule has 7 rings (SSSR count). The summed E-state index contributed by atoms with van der Waals surface area (Å²) in [5.41, 5.74) is 0.577. The molecule has 0 bridgehead atoms. The van der Waals surface area contributed by atoms with Gasteiger partial charge in [-0.1, -0.05) is 24.4 Å². The minimum atomic E-state index is -4.76. The lowest BCUT2D eigenvalue weighted by Crippen LogP contribution is -2.46. The number of pyridine rings is 1. The number of alkyl halides is 3. The average molecular weight is 781 g/mol. The number of nitriles is 1. The first-order chi connectivity index (χ1) is 26.7. The number of H-pyrrole nitrogens is 1. The molecule has 2 aliphatic rings. The van der Waals surface area contributed by atoms with E-state index < -0.39 is 45.8 Å². The van der Waals surface area contributed by atoms with Crippen molar-refractivity contribution in [3.8, 4) is 11.8 Å². The molecule has 288 valence electrons. The summed E-state index contributed by atoms with van der Waals surface area (Å²) in [4.78, 5) is 50.2. The Bertz CT molecular complexity index is 2470. The Labute approximate surface area is 326 Å². The minimum absolute atomic E-state index is 0.00402. The van der Waals surface area contributed by atoms with E-state index in [1.165, 1.54) is 27.8 Å². The van der Waals surface area contributed by atoms with E-state index in [4.69, 9.17) is 12.2 Å². The summed E-state index contributed by atoms with van der Waals surface area (Å²) in [5.74, 6) is -0.923. The number of carbonyl (C=O) groups is 1. The number of aromatic amines is 1. The van der Waals surface area contributed by atoms with Crippen molar-refractivity contribution in [1.82, 2.24) is 19.4 Å². The molecule has 2 aromatic heterocycles. The van der Waals surface area contributed by atoms with E-state index in [1.807, 2.05) is 48.5 Å². The molecule has 2 N–H and O–H groups in total. The van der Waals surface area contributed by atoms with Gasteiger partial charge in [-0.2, -0.15) is 18.4 Å². The van der Waals surface area contributed by atoms with Gasteiger partial charge in [0, 0.05) is 67.7 Å². The molecule has 15 heteroatoms. The number of aromatic nitrogens is 3. The van der Waals surface area contributed by atoms with E-state index in [2.05, 4.69) is 25.1 Å². The number of anilines is 3. The highest BCUT2D eigenvalue weighted by molar-refractivity contribution is 7.80. The van der Waals surface area contributed by atoms with E-state index in [0.29, 0.717) is 5.69 Å². The van der Waals surface area contributed by atoms with E-state index in [1.54, 1.807) is 26.1 Å². The van der Waals surface area contributed by atoms with Crippen LogP contribution in [-0.4, -0.2) is 69.6 Å². The zero-order chi connectivity index (χ0) is 39.8. The molecule has 0 saturated carbocycles. The van der Waals surface area contributed by atoms with Crippen molar-refractivity contribution in [2.24, 2.45) is 5.41 Å². The van der Waals surface area contributed by atoms with Gasteiger partial charge in [0.1, 0.15) is 0 Å². The maximum Gasteiger partial charge on any atom is 0.417 e. The van der Waals surface area contributed by atoms with Gasteiger partial charge in [-0.3, -0.25) is 33.9 Å². The fourth-order valence-corrected chi connectivity index (χ4v) is 8.16. The second-order valence-corrected chi connectivity index (χ2v) is 15.0. The number of piperazine rings is 1. The zero-order valence-corrected chi connectivity index (χ0v) is 31.6. The Morgan fingerprint density at radius 2 is 1.66 bits per heavy atom. The first-order valence-electron chi connectivity index (χ1n) is 18.3. The number of amides is 1. The normalized spacial score (nSPS) is 17.4. The molecule has 2 aliphatic heterocycles. The number of halogens is 3. The Hall–Kier alpha value is -5.85. The molecule has 0 spiro atoms. The van der Waals surface area contributed by atoms with Crippen molar-refractivity contribution in [3.05, 3.63) is 123 Å². The lowest BCUT2D eigenvalue weighted by atomic mass is 9.77. The topological polar surface area (TPSA) is 130 Å². The molecule has 2 saturated heterocycles. The number of hydrogen-bond donors (Lipinski definition) is 2. The highest BCUT2D eigenvalue weighted by Crippen LogP contribution is 2.48. The Morgan fingerprint density at radius 1 is 0.929 bits per heavy atom. The largest absolute Gasteiger partial charge is 0.417 e. The van der Waals surface area contributed by atoms with Crippen LogP contribution in [0.15, 0.2) is 94.8 Å². The SMILES string of the molecule is CC1(C)C(=O)N(c2ccc(C#N)c(C(F)(F)F)c2)C(=S)C1c1ccc(N2CCN(CCCCNc3ccc4ncc(-n5ccc(=O)[nH]c5=O)cc4c3)CC2)cc1. The molecule has 1 amide bonds. The second kappa shape index (κ2) is 15.4. The Kier molecular flexibility index (Phi) is 10.5. The number of fused-ring (bicyclic) bond motifs is 1. The number of hydrogen-bond acceptors (Lipinski definition) is 9. The fraction of sp³-hybridized carbons (Fsp3) is 0.317. The third kappa shape index (κ3) is 7.67. The number of thiocarbonyl (C=S) groups is 1. The molecular formula is C41H39F3N8O3S. The van der Waals surface area contributed by atoms with Crippen molar-refractivity contribution < 1.29 is 18.0 Å². The standard InChI is InChI=1S/C41H39F3N8O3S/c1-40(2)36(37(56)52(38(40)54)31-11-7-27(24-45)33(23-31)41(42,43)44)26-5-9-30(10-6-26)50-19-17-49(18-20-50)15-4-3-14-46-29-8-12-34-28(21-29)22-32(25-47-34)51-16-13-35(53)48-39(51)55/h5-13,16,21-23,25,36,46H,3-4,14-15,17-20H2,1-2H3,(H,48,53,55). The summed E-state index contributed by atoms with van der Waals surface area (Å²) in [5, 5.41) is 13.6. The lowest BCUT2D eigenvalue weighted by Gasteiger charge is -2.36. The van der Waals surface area contributed by atoms with Crippen molar-refractivity contribution in [2.45, 2.75) is 38.8 Å². The molecule has 1 atom stereocenters. The van der Waals surface area contributed by atoms with Crippen LogP contribution in [0.5, 0.6) is 0 Å². The van der Waals surface area contributed by atoms with Gasteiger partial charge in [-0.15, -0.1) is 0 Å². The highest BCUT2D eigenvalue weighted by atomic mass is 32.1. The van der Waals surface area contributed by atoms with Gasteiger partial charge in [0.25, 0.3) is 5.56 Å². The lowest BCUT2D eigenvalue weighted by molar-refractivity contribution is -0.137. The van der Waals surface area contributed by atoms with Gasteiger partial charge in [0.15, 0.2) is 0 Å². The predicted octanol–water partition coefficient (Wildman–Crippen LogP) is 6.46. The van der Waals surface area contributed by atoms with Crippen molar-refractivity contribution >= 4 is 51.1 Å². The van der Waals surface area contributed by atoms with Gasteiger partial charge >= 0.3 is 11.9 Å². The van der Waals surface area contributed by atoms with Crippen LogP contribution in [0.1, 0.15) is 49.3 Å². The maximum absolute atomic E-state index is 13.7. The fourth-order valence-electron chi connectivity index (χ4n) is 7.54. The molecule has 1 unspecified atom stereocenters. The Morgan fingerprint density at radius 3 is 2.36 bits per heavy atom. The van der Waals surface area contributed by atoms with Crippen LogP contribution in [0, 0.1) is 16.7 Å². The summed E-state index contributed by atoms with van der Waals surface area (Å²) >= 11 is 5.76. The summed E-state index contributed by atoms with van der Waals surface area (Å²) in [7, 11) is 0. The van der Waals surface area contributed by atoms with E-state index >= 15 is 0 Å². The van der Waals surface area contributed by atoms with Crippen LogP contribution in [0.4, 0.5) is 30.2 Å². The minimum Gasteiger partial charge on any atom is -0.385 e. The number of benzene rings is 3. The molecule has 2 fully saturated rings. The van der Waals surface area contributed by atoms with E-state index in [-0.39, 0.29) is 10.7 Å². The molecule has 0 aliphatic carbocycles. The van der Waals surface area contributed by atoms with E-state index in [0.717, 1.165) is 92.1 Å². The monoisotopic (exact) mass is 780 g/mol. The summed E-state index contributed by atoms with van der Waals surface area (Å²) in [6, 6.07) is 21.8. The van der Waals surface area contributed by atoms with Crippen LogP contribution in [0.25, 0.3) is 16.6 Å². The van der Waals surface area contributed by atoms with Crippen LogP contribution in [0.2, 0.25) is 0 Å². The number of unbranched alkanes of at least 4 members (excludes halogenated alkanes) is 1. The number of rotatable bonds is 10. The quantitative estimate of drug-likeness (QED) is 0.121. The van der Waals surface area contributed by atoms with Gasteiger partial charge in [0.2, 0.25) is 5.91 Å². The molecule has 0 radical (unpaired) electrons. The number of carbonyl (C=O) groups excluding carboxylic acids is 1. The molecule has 5 aromatic rings. The first kappa shape index (κ1) is 38.4. The smallest absolute Gasteiger partial charge is 0.385 e. The highest BCUT2D eigenvalue weighted by Gasteiger charge is 2.52. The zero-order valence-electron chi connectivity index (χ0n) is 30.8. The molecule has 11 nitrogen and oxygen atoms in total. The van der Waals surface area contributed by atoms with Crippen molar-refractivity contribution in [3.63, 3.8) is 0 Å². The molecule has 56 heavy (non-hydrogen) atoms. The molecule has 4 heterocycles. The van der Waals surface area contributed by atoms with Crippen molar-refractivity contribution in [2.75, 3.05) is 54.4 Å². The summed E-state index contributed by atoms with van der Waals surface area (Å²) in [6.07, 6.45) is 0.289. The predicted molar refractivity (Wildman–Crippen MR) is 214 cm³/mol. The van der Waals surface area contributed by atoms with Gasteiger partial charge in [0.05, 0.1) is 50.7 Å². The number of nitrogens with one attached hydrogen (secondary N) is 2. The van der Waals surface area contributed by atoms with Crippen LogP contribution in [-0.2, 0) is 11.0 Å². The van der Waals surface area contributed by atoms with Gasteiger partial charge < -0.3 is 10.2 Å². The molecular weight excluding hydrogens is 742 g/mol. The molecule has 3 aromatic carbocycles.